The van der Waals surface area contributed by atoms with Crippen LogP contribution in [0.3, 0.4) is 0 Å². The Morgan fingerprint density at radius 1 is 1.46 bits per heavy atom. The predicted octanol–water partition coefficient (Wildman–Crippen LogP) is 1.65. The fourth-order valence-electron chi connectivity index (χ4n) is 1.07. The minimum atomic E-state index is -0.757. The number of hydrogen-bond acceptors (Lipinski definition) is 4. The first-order chi connectivity index (χ1) is 6.11. The molecule has 1 heterocycles. The molecule has 1 aliphatic rings. The van der Waals surface area contributed by atoms with Crippen LogP contribution in [0.15, 0.2) is 16.6 Å². The lowest BCUT2D eigenvalue weighted by atomic mass is 10.2. The number of phenols is 1. The van der Waals surface area contributed by atoms with Gasteiger partial charge in [-0.1, -0.05) is 0 Å². The van der Waals surface area contributed by atoms with Gasteiger partial charge in [-0.25, -0.2) is 4.79 Å². The summed E-state index contributed by atoms with van der Waals surface area (Å²) in [5.74, 6) is -1.05. The van der Waals surface area contributed by atoms with E-state index >= 15 is 0 Å². The summed E-state index contributed by atoms with van der Waals surface area (Å²) in [6, 6.07) is 2.87. The number of phenolic OH excluding ortho intramolecular Hbond substituents is 1. The number of fused-ring (bicyclic) bond motifs is 1. The van der Waals surface area contributed by atoms with Gasteiger partial charge in [0.2, 0.25) is 5.75 Å². The van der Waals surface area contributed by atoms with E-state index in [1.165, 1.54) is 12.1 Å². The lowest BCUT2D eigenvalue weighted by Crippen LogP contribution is -1.97. The topological polar surface area (TPSA) is 66.6 Å². The molecule has 0 unspecified atom stereocenters. The number of rotatable bonds is 0. The van der Waals surface area contributed by atoms with Crippen molar-refractivity contribution in [2.45, 2.75) is 0 Å². The predicted molar refractivity (Wildman–Crippen MR) is 44.5 cm³/mol. The molecule has 0 saturated carbocycles. The molecule has 6 heteroatoms. The molecule has 0 aromatic heterocycles. The quantitative estimate of drug-likeness (QED) is 0.754. The van der Waals surface area contributed by atoms with Crippen LogP contribution in [-0.4, -0.2) is 16.0 Å². The maximum Gasteiger partial charge on any atom is 0.424 e. The van der Waals surface area contributed by atoms with E-state index < -0.39 is 5.97 Å². The molecule has 2 rings (SSSR count). The minimum Gasteiger partial charge on any atom is -0.501 e. The number of carbonyl (C=O) groups excluding carboxylic acids is 1. The van der Waals surface area contributed by atoms with Crippen LogP contribution in [0.25, 0.3) is 0 Å². The molecule has 13 heavy (non-hydrogen) atoms. The molecular formula is C7H3BrNO4+. The third-order valence-corrected chi connectivity index (χ3v) is 2.31. The first-order valence-corrected chi connectivity index (χ1v) is 4.11. The monoisotopic (exact) mass is 244 g/mol. The number of benzene rings is 1. The fraction of sp³-hybridized carbons (Fsp3) is 0. The Morgan fingerprint density at radius 3 is 2.85 bits per heavy atom. The van der Waals surface area contributed by atoms with Gasteiger partial charge >= 0.3 is 11.7 Å². The van der Waals surface area contributed by atoms with Gasteiger partial charge in [0.05, 0.1) is 9.38 Å². The van der Waals surface area contributed by atoms with E-state index in [2.05, 4.69) is 20.8 Å². The molecule has 0 bridgehead atoms. The van der Waals surface area contributed by atoms with Crippen molar-refractivity contribution in [3.05, 3.63) is 27.1 Å². The second-order valence-corrected chi connectivity index (χ2v) is 3.28. The summed E-state index contributed by atoms with van der Waals surface area (Å²) >= 11 is 3.01. The van der Waals surface area contributed by atoms with Crippen molar-refractivity contribution in [3.8, 4) is 5.75 Å². The smallest absolute Gasteiger partial charge is 0.424 e. The van der Waals surface area contributed by atoms with E-state index in [-0.39, 0.29) is 21.9 Å². The number of hydrogen-bond donors (Lipinski definition) is 1. The molecule has 0 fully saturated rings. The normalized spacial score (nSPS) is 14.2. The van der Waals surface area contributed by atoms with Gasteiger partial charge < -0.3 is 5.11 Å². The van der Waals surface area contributed by atoms with Gasteiger partial charge in [-0.2, -0.15) is 0 Å². The van der Waals surface area contributed by atoms with Gasteiger partial charge in [0, 0.05) is 0 Å². The lowest BCUT2D eigenvalue weighted by molar-refractivity contribution is -0.706. The fourth-order valence-corrected chi connectivity index (χ4v) is 1.39. The van der Waals surface area contributed by atoms with Crippen molar-refractivity contribution >= 4 is 27.6 Å². The summed E-state index contributed by atoms with van der Waals surface area (Å²) in [6.45, 7) is 0. The van der Waals surface area contributed by atoms with E-state index in [0.29, 0.717) is 4.47 Å². The standard InChI is InChI=1S/C7H2BrNO4/c8-4-2-1-3-5(6(4)10)9(12)13-7(3)11/h1-2H/p+1. The van der Waals surface area contributed by atoms with Crippen LogP contribution in [0.2, 0.25) is 0 Å². The third kappa shape index (κ3) is 1.02. The van der Waals surface area contributed by atoms with Crippen molar-refractivity contribution in [1.82, 2.24) is 0 Å². The molecule has 0 radical (unpaired) electrons. The number of halogens is 1. The van der Waals surface area contributed by atoms with Crippen molar-refractivity contribution in [2.24, 2.45) is 0 Å². The zero-order valence-electron chi connectivity index (χ0n) is 6.15. The maximum absolute atomic E-state index is 10.9. The SMILES string of the molecule is O=C1O[N+](=O)c2c1ccc(Br)c2O. The highest BCUT2D eigenvalue weighted by Crippen LogP contribution is 2.40. The Balaban J connectivity index is 2.78. The number of carbonyl (C=O) groups is 1. The van der Waals surface area contributed by atoms with Crippen LogP contribution in [0.1, 0.15) is 10.4 Å². The third-order valence-electron chi connectivity index (χ3n) is 1.67. The molecule has 0 aliphatic carbocycles. The highest BCUT2D eigenvalue weighted by Gasteiger charge is 2.43. The summed E-state index contributed by atoms with van der Waals surface area (Å²) in [5.41, 5.74) is -0.0879. The van der Waals surface area contributed by atoms with E-state index in [9.17, 15) is 14.8 Å². The zero-order valence-corrected chi connectivity index (χ0v) is 7.74. The van der Waals surface area contributed by atoms with Crippen molar-refractivity contribution in [2.75, 3.05) is 0 Å². The van der Waals surface area contributed by atoms with E-state index in [1.54, 1.807) is 0 Å². The van der Waals surface area contributed by atoms with Crippen LogP contribution in [0, 0.1) is 4.91 Å². The molecule has 0 atom stereocenters. The highest BCUT2D eigenvalue weighted by atomic mass is 79.9. The van der Waals surface area contributed by atoms with E-state index in [1.807, 2.05) is 0 Å². The van der Waals surface area contributed by atoms with E-state index in [0.717, 1.165) is 0 Å². The van der Waals surface area contributed by atoms with Crippen molar-refractivity contribution < 1.29 is 19.7 Å². The van der Waals surface area contributed by atoms with Crippen LogP contribution in [-0.2, 0) is 4.84 Å². The molecule has 5 nitrogen and oxygen atoms in total. The largest absolute Gasteiger partial charge is 0.501 e. The maximum atomic E-state index is 10.9. The molecule has 1 N–H and O–H groups in total. The van der Waals surface area contributed by atoms with E-state index in [4.69, 9.17) is 0 Å². The molecule has 0 saturated heterocycles. The Labute approximate surface area is 80.6 Å². The van der Waals surface area contributed by atoms with Gasteiger partial charge in [0.1, 0.15) is 0 Å². The summed E-state index contributed by atoms with van der Waals surface area (Å²) in [4.78, 5) is 26.1. The van der Waals surface area contributed by atoms with Crippen LogP contribution in [0.4, 0.5) is 5.69 Å². The minimum absolute atomic E-state index is 0.00222. The molecule has 0 amide bonds. The molecular weight excluding hydrogens is 242 g/mol. The second kappa shape index (κ2) is 2.53. The molecule has 1 aromatic rings. The number of nitrogens with zero attached hydrogens (tertiary/aromatic N) is 1. The molecule has 1 aliphatic heterocycles. The van der Waals surface area contributed by atoms with Crippen LogP contribution in [0.5, 0.6) is 5.75 Å². The van der Waals surface area contributed by atoms with Crippen LogP contribution < -0.4 is 0 Å². The Morgan fingerprint density at radius 2 is 2.15 bits per heavy atom. The zero-order chi connectivity index (χ0) is 9.59. The van der Waals surface area contributed by atoms with Gasteiger partial charge in [-0.3, -0.25) is 0 Å². The Hall–Kier alpha value is -1.43. The van der Waals surface area contributed by atoms with Crippen molar-refractivity contribution in [1.29, 1.82) is 0 Å². The Bertz CT molecular complexity index is 429. The Kier molecular flexibility index (Phi) is 1.59. The summed E-state index contributed by atoms with van der Waals surface area (Å²) in [7, 11) is 0. The lowest BCUT2D eigenvalue weighted by Gasteiger charge is -1.92. The first-order valence-electron chi connectivity index (χ1n) is 3.32. The highest BCUT2D eigenvalue weighted by molar-refractivity contribution is 9.10. The summed E-state index contributed by atoms with van der Waals surface area (Å²) < 4.78 is 0.338. The van der Waals surface area contributed by atoms with Crippen molar-refractivity contribution in [3.63, 3.8) is 0 Å². The van der Waals surface area contributed by atoms with Crippen LogP contribution >= 0.6 is 15.9 Å². The van der Waals surface area contributed by atoms with Gasteiger partial charge in [-0.05, 0) is 28.1 Å². The summed E-state index contributed by atoms with van der Waals surface area (Å²) in [5, 5.41) is 9.39. The average molecular weight is 245 g/mol. The number of aromatic hydroxyl groups is 1. The molecule has 0 spiro atoms. The first kappa shape index (κ1) is 8.18. The van der Waals surface area contributed by atoms with Gasteiger partial charge in [-0.15, -0.1) is 4.84 Å². The summed E-state index contributed by atoms with van der Waals surface area (Å²) in [6.07, 6.45) is 0. The van der Waals surface area contributed by atoms with Gasteiger partial charge in [0.25, 0.3) is 4.92 Å². The average Bonchev–Trinajstić information content (AvgIpc) is 2.35. The second-order valence-electron chi connectivity index (χ2n) is 2.43. The molecule has 66 valence electrons. The molecule has 1 aromatic carbocycles. The van der Waals surface area contributed by atoms with Gasteiger partial charge in [0.15, 0.2) is 5.56 Å².